The molecule has 1 nitrogen and oxygen atoms in total. The minimum Gasteiger partial charge on any atom is -0.319 e. The molecule has 1 aromatic rings. The molecule has 0 aliphatic heterocycles. The second-order valence-electron chi connectivity index (χ2n) is 6.11. The summed E-state index contributed by atoms with van der Waals surface area (Å²) >= 11 is 3.32. The molecule has 0 radical (unpaired) electrons. The Hall–Kier alpha value is -0.410. The zero-order valence-electron chi connectivity index (χ0n) is 10.7. The van der Waals surface area contributed by atoms with Crippen LogP contribution in [0.1, 0.15) is 24.8 Å². The van der Waals surface area contributed by atoms with E-state index in [0.717, 1.165) is 34.8 Å². The van der Waals surface area contributed by atoms with Crippen LogP contribution in [0.3, 0.4) is 0 Å². The maximum atomic E-state index is 14.0. The van der Waals surface area contributed by atoms with E-state index in [0.29, 0.717) is 0 Å². The maximum absolute atomic E-state index is 14.0. The Labute approximate surface area is 116 Å². The summed E-state index contributed by atoms with van der Waals surface area (Å²) in [5.41, 5.74) is 1.16. The highest BCUT2D eigenvalue weighted by Gasteiger charge is 2.53. The Balaban J connectivity index is 1.80. The summed E-state index contributed by atoms with van der Waals surface area (Å²) in [6, 6.07) is 5.46. The van der Waals surface area contributed by atoms with Crippen LogP contribution in [0.25, 0.3) is 0 Å². The molecule has 98 valence electrons. The van der Waals surface area contributed by atoms with Crippen LogP contribution in [0, 0.1) is 23.1 Å². The first-order valence-electron chi connectivity index (χ1n) is 6.70. The van der Waals surface area contributed by atoms with Gasteiger partial charge in [0.15, 0.2) is 0 Å². The van der Waals surface area contributed by atoms with Gasteiger partial charge >= 0.3 is 0 Å². The van der Waals surface area contributed by atoms with Crippen molar-refractivity contribution in [2.45, 2.75) is 25.7 Å². The third-order valence-corrected chi connectivity index (χ3v) is 5.09. The average molecular weight is 312 g/mol. The lowest BCUT2D eigenvalue weighted by molar-refractivity contribution is 0.252. The quantitative estimate of drug-likeness (QED) is 0.892. The maximum Gasteiger partial charge on any atom is 0.127 e. The first kappa shape index (κ1) is 12.6. The largest absolute Gasteiger partial charge is 0.319 e. The summed E-state index contributed by atoms with van der Waals surface area (Å²) in [5, 5.41) is 3.31. The molecule has 2 unspecified atom stereocenters. The predicted octanol–water partition coefficient (Wildman–Crippen LogP) is 3.77. The molecule has 0 aromatic heterocycles. The molecule has 18 heavy (non-hydrogen) atoms. The molecule has 0 bridgehead atoms. The Morgan fingerprint density at radius 3 is 2.72 bits per heavy atom. The van der Waals surface area contributed by atoms with Gasteiger partial charge in [-0.1, -0.05) is 22.0 Å². The van der Waals surface area contributed by atoms with E-state index < -0.39 is 0 Å². The van der Waals surface area contributed by atoms with Crippen LogP contribution in [-0.4, -0.2) is 13.6 Å². The van der Waals surface area contributed by atoms with Crippen LogP contribution in [0.5, 0.6) is 0 Å². The summed E-state index contributed by atoms with van der Waals surface area (Å²) < 4.78 is 14.8. The number of fused-ring (bicyclic) bond motifs is 1. The fourth-order valence-corrected chi connectivity index (χ4v) is 4.13. The highest BCUT2D eigenvalue weighted by Crippen LogP contribution is 2.60. The molecule has 2 aliphatic rings. The van der Waals surface area contributed by atoms with Crippen molar-refractivity contribution in [2.75, 3.05) is 13.6 Å². The minimum atomic E-state index is -0.0690. The zero-order chi connectivity index (χ0) is 12.8. The van der Waals surface area contributed by atoms with Crippen LogP contribution < -0.4 is 5.32 Å². The normalized spacial score (nSPS) is 33.5. The van der Waals surface area contributed by atoms with Gasteiger partial charge in [-0.25, -0.2) is 4.39 Å². The molecular formula is C15H19BrFN. The lowest BCUT2D eigenvalue weighted by Crippen LogP contribution is -2.33. The van der Waals surface area contributed by atoms with Crippen molar-refractivity contribution >= 4 is 15.9 Å². The third kappa shape index (κ3) is 2.35. The van der Waals surface area contributed by atoms with Crippen molar-refractivity contribution in [3.63, 3.8) is 0 Å². The van der Waals surface area contributed by atoms with Gasteiger partial charge in [-0.15, -0.1) is 0 Å². The van der Waals surface area contributed by atoms with Gasteiger partial charge in [-0.05, 0) is 67.7 Å². The van der Waals surface area contributed by atoms with Gasteiger partial charge in [0.05, 0.1) is 0 Å². The standard InChI is InChI=1S/C15H19BrFN/c1-18-9-15(7-11-4-12(11)8-15)6-10-2-3-13(16)5-14(10)17/h2-3,5,11-12,18H,4,6-9H2,1H3. The lowest BCUT2D eigenvalue weighted by atomic mass is 9.77. The highest BCUT2D eigenvalue weighted by atomic mass is 79.9. The fraction of sp³-hybridized carbons (Fsp3) is 0.600. The van der Waals surface area contributed by atoms with Crippen molar-refractivity contribution in [3.05, 3.63) is 34.1 Å². The molecule has 0 heterocycles. The van der Waals surface area contributed by atoms with E-state index >= 15 is 0 Å². The van der Waals surface area contributed by atoms with Crippen LogP contribution in [0.4, 0.5) is 4.39 Å². The first-order valence-corrected chi connectivity index (χ1v) is 7.50. The molecule has 3 heteroatoms. The first-order chi connectivity index (χ1) is 8.62. The highest BCUT2D eigenvalue weighted by molar-refractivity contribution is 9.10. The summed E-state index contributed by atoms with van der Waals surface area (Å²) in [7, 11) is 2.00. The third-order valence-electron chi connectivity index (χ3n) is 4.59. The van der Waals surface area contributed by atoms with Gasteiger partial charge in [0, 0.05) is 11.0 Å². The summed E-state index contributed by atoms with van der Waals surface area (Å²) in [5.74, 6) is 1.79. The monoisotopic (exact) mass is 311 g/mol. The predicted molar refractivity (Wildman–Crippen MR) is 75.0 cm³/mol. The number of halogens is 2. The van der Waals surface area contributed by atoms with Crippen molar-refractivity contribution in [1.82, 2.24) is 5.32 Å². The molecule has 0 spiro atoms. The van der Waals surface area contributed by atoms with E-state index in [1.54, 1.807) is 6.07 Å². The van der Waals surface area contributed by atoms with Gasteiger partial charge in [0.25, 0.3) is 0 Å². The smallest absolute Gasteiger partial charge is 0.127 e. The van der Waals surface area contributed by atoms with Crippen LogP contribution in [0.15, 0.2) is 22.7 Å². The van der Waals surface area contributed by atoms with E-state index in [1.807, 2.05) is 19.2 Å². The molecule has 1 aromatic carbocycles. The molecule has 1 N–H and O–H groups in total. The molecule has 0 amide bonds. The molecular weight excluding hydrogens is 293 g/mol. The lowest BCUT2D eigenvalue weighted by Gasteiger charge is -2.31. The van der Waals surface area contributed by atoms with Crippen molar-refractivity contribution in [3.8, 4) is 0 Å². The molecule has 0 saturated heterocycles. The number of rotatable bonds is 4. The molecule has 3 rings (SSSR count). The Morgan fingerprint density at radius 2 is 2.11 bits per heavy atom. The Kier molecular flexibility index (Phi) is 3.23. The fourth-order valence-electron chi connectivity index (χ4n) is 3.80. The van der Waals surface area contributed by atoms with Gasteiger partial charge in [-0.2, -0.15) is 0 Å². The SMILES string of the molecule is CNCC1(Cc2ccc(Br)cc2F)CC2CC2C1. The average Bonchev–Trinajstić information content (AvgIpc) is 2.92. The molecule has 2 saturated carbocycles. The van der Waals surface area contributed by atoms with E-state index in [1.165, 1.54) is 19.3 Å². The number of hydrogen-bond donors (Lipinski definition) is 1. The van der Waals surface area contributed by atoms with Gasteiger partial charge in [0.2, 0.25) is 0 Å². The van der Waals surface area contributed by atoms with E-state index in [4.69, 9.17) is 0 Å². The number of nitrogens with one attached hydrogen (secondary N) is 1. The van der Waals surface area contributed by atoms with Crippen molar-refractivity contribution in [1.29, 1.82) is 0 Å². The molecule has 2 aliphatic carbocycles. The summed E-state index contributed by atoms with van der Waals surface area (Å²) in [6.07, 6.45) is 4.83. The zero-order valence-corrected chi connectivity index (χ0v) is 12.3. The van der Waals surface area contributed by atoms with Gasteiger partial charge in [-0.3, -0.25) is 0 Å². The Bertz CT molecular complexity index is 450. The summed E-state index contributed by atoms with van der Waals surface area (Å²) in [4.78, 5) is 0. The van der Waals surface area contributed by atoms with Gasteiger partial charge in [0.1, 0.15) is 5.82 Å². The Morgan fingerprint density at radius 1 is 1.39 bits per heavy atom. The molecule has 2 atom stereocenters. The van der Waals surface area contributed by atoms with Crippen LogP contribution in [-0.2, 0) is 6.42 Å². The van der Waals surface area contributed by atoms with E-state index in [-0.39, 0.29) is 11.2 Å². The number of benzene rings is 1. The van der Waals surface area contributed by atoms with Crippen molar-refractivity contribution < 1.29 is 4.39 Å². The minimum absolute atomic E-state index is 0.0690. The van der Waals surface area contributed by atoms with Crippen molar-refractivity contribution in [2.24, 2.45) is 17.3 Å². The van der Waals surface area contributed by atoms with Crippen LogP contribution in [0.2, 0.25) is 0 Å². The number of hydrogen-bond acceptors (Lipinski definition) is 1. The second kappa shape index (κ2) is 4.61. The topological polar surface area (TPSA) is 12.0 Å². The van der Waals surface area contributed by atoms with E-state index in [9.17, 15) is 4.39 Å². The molecule has 2 fully saturated rings. The van der Waals surface area contributed by atoms with Gasteiger partial charge < -0.3 is 5.32 Å². The second-order valence-corrected chi connectivity index (χ2v) is 7.02. The van der Waals surface area contributed by atoms with Crippen LogP contribution >= 0.6 is 15.9 Å². The van der Waals surface area contributed by atoms with E-state index in [2.05, 4.69) is 21.2 Å². The summed E-state index contributed by atoms with van der Waals surface area (Å²) in [6.45, 7) is 1.01.